The number of nitrogens with zero attached hydrogens (tertiary/aromatic N) is 5. The summed E-state index contributed by atoms with van der Waals surface area (Å²) >= 11 is 0. The number of carbonyl (C=O) groups excluding carboxylic acids is 1. The van der Waals surface area contributed by atoms with Crippen molar-refractivity contribution >= 4 is 5.91 Å². The second-order valence-electron chi connectivity index (χ2n) is 6.65. The van der Waals surface area contributed by atoms with Crippen LogP contribution in [-0.2, 0) is 19.5 Å². The highest BCUT2D eigenvalue weighted by atomic mass is 16.1. The van der Waals surface area contributed by atoms with Gasteiger partial charge in [-0.2, -0.15) is 0 Å². The van der Waals surface area contributed by atoms with Crippen LogP contribution in [-0.4, -0.2) is 50.2 Å². The summed E-state index contributed by atoms with van der Waals surface area (Å²) in [6, 6.07) is 5.30. The van der Waals surface area contributed by atoms with Gasteiger partial charge in [0.15, 0.2) is 5.82 Å². The van der Waals surface area contributed by atoms with E-state index in [0.29, 0.717) is 18.2 Å². The van der Waals surface area contributed by atoms with E-state index in [-0.39, 0.29) is 5.91 Å². The molecule has 0 saturated heterocycles. The molecule has 1 atom stereocenters. The minimum atomic E-state index is -0.190. The monoisotopic (exact) mass is 342 g/mol. The largest absolute Gasteiger partial charge is 0.343 e. The third kappa shape index (κ3) is 4.42. The lowest BCUT2D eigenvalue weighted by atomic mass is 10.1. The molecule has 2 aromatic rings. The molecule has 1 N–H and O–H groups in total. The molecule has 0 aromatic carbocycles. The van der Waals surface area contributed by atoms with Gasteiger partial charge in [0.25, 0.3) is 5.91 Å². The summed E-state index contributed by atoms with van der Waals surface area (Å²) in [5, 5.41) is 11.5. The fraction of sp³-hybridized carbons (Fsp3) is 0.556. The molecule has 3 heterocycles. The Balaban J connectivity index is 1.59. The molecule has 0 bridgehead atoms. The maximum absolute atomic E-state index is 12.1. The van der Waals surface area contributed by atoms with Crippen molar-refractivity contribution in [2.45, 2.75) is 39.8 Å². The van der Waals surface area contributed by atoms with Gasteiger partial charge in [0, 0.05) is 38.8 Å². The van der Waals surface area contributed by atoms with Gasteiger partial charge < -0.3 is 14.8 Å². The van der Waals surface area contributed by atoms with E-state index in [1.54, 1.807) is 24.4 Å². The fourth-order valence-electron chi connectivity index (χ4n) is 3.06. The fourth-order valence-corrected chi connectivity index (χ4v) is 3.06. The third-order valence-electron chi connectivity index (χ3n) is 4.77. The van der Waals surface area contributed by atoms with Crippen molar-refractivity contribution in [3.05, 3.63) is 41.7 Å². The predicted molar refractivity (Wildman–Crippen MR) is 95.0 cm³/mol. The number of nitrogens with one attached hydrogen (secondary N) is 1. The van der Waals surface area contributed by atoms with Crippen LogP contribution in [0.25, 0.3) is 0 Å². The zero-order chi connectivity index (χ0) is 17.6. The van der Waals surface area contributed by atoms with Crippen LogP contribution in [0.15, 0.2) is 24.4 Å². The molecule has 1 aliphatic rings. The van der Waals surface area contributed by atoms with E-state index in [4.69, 9.17) is 0 Å². The van der Waals surface area contributed by atoms with Gasteiger partial charge >= 0.3 is 0 Å². The highest BCUT2D eigenvalue weighted by molar-refractivity contribution is 5.92. The molecule has 25 heavy (non-hydrogen) atoms. The van der Waals surface area contributed by atoms with E-state index in [2.05, 4.69) is 43.8 Å². The molecule has 0 spiro atoms. The average Bonchev–Trinajstić information content (AvgIpc) is 2.93. The number of amides is 1. The Labute approximate surface area is 148 Å². The molecule has 7 nitrogen and oxygen atoms in total. The first-order valence-electron chi connectivity index (χ1n) is 9.00. The van der Waals surface area contributed by atoms with Crippen molar-refractivity contribution in [1.29, 1.82) is 0 Å². The molecule has 2 aromatic heterocycles. The molecule has 3 rings (SSSR count). The van der Waals surface area contributed by atoms with E-state index in [0.717, 1.165) is 44.2 Å². The standard InChI is InChI=1S/C18H26N6O/c1-3-14(2)13-23-9-7-16-21-22-17(24(16)11-10-23)12-20-18(25)15-6-4-5-8-19-15/h4-6,8,14H,3,7,9-13H2,1-2H3,(H,20,25). The second-order valence-corrected chi connectivity index (χ2v) is 6.65. The van der Waals surface area contributed by atoms with Gasteiger partial charge in [-0.3, -0.25) is 9.78 Å². The topological polar surface area (TPSA) is 75.9 Å². The second kappa shape index (κ2) is 8.20. The van der Waals surface area contributed by atoms with Gasteiger partial charge in [-0.1, -0.05) is 26.3 Å². The average molecular weight is 342 g/mol. The van der Waals surface area contributed by atoms with Gasteiger partial charge in [0.05, 0.1) is 6.54 Å². The molecule has 7 heteroatoms. The summed E-state index contributed by atoms with van der Waals surface area (Å²) in [6.07, 6.45) is 3.72. The van der Waals surface area contributed by atoms with Gasteiger partial charge in [-0.05, 0) is 18.1 Å². The summed E-state index contributed by atoms with van der Waals surface area (Å²) < 4.78 is 2.15. The summed E-state index contributed by atoms with van der Waals surface area (Å²) in [4.78, 5) is 18.7. The Kier molecular flexibility index (Phi) is 5.75. The molecule has 0 fully saturated rings. The lowest BCUT2D eigenvalue weighted by Gasteiger charge is -2.22. The molecule has 1 amide bonds. The van der Waals surface area contributed by atoms with Crippen LogP contribution >= 0.6 is 0 Å². The Morgan fingerprint density at radius 1 is 1.28 bits per heavy atom. The van der Waals surface area contributed by atoms with Gasteiger partial charge in [0.2, 0.25) is 0 Å². The maximum Gasteiger partial charge on any atom is 0.270 e. The quantitative estimate of drug-likeness (QED) is 0.861. The molecule has 0 aliphatic carbocycles. The SMILES string of the molecule is CCC(C)CN1CCc2nnc(CNC(=O)c3ccccn3)n2CC1. The minimum Gasteiger partial charge on any atom is -0.343 e. The van der Waals surface area contributed by atoms with Crippen molar-refractivity contribution in [1.82, 2.24) is 30.0 Å². The van der Waals surface area contributed by atoms with Gasteiger partial charge in [-0.25, -0.2) is 0 Å². The van der Waals surface area contributed by atoms with Crippen molar-refractivity contribution in [3.8, 4) is 0 Å². The maximum atomic E-state index is 12.1. The zero-order valence-corrected chi connectivity index (χ0v) is 15.0. The van der Waals surface area contributed by atoms with E-state index in [1.165, 1.54) is 6.42 Å². The molecule has 1 unspecified atom stereocenters. The Morgan fingerprint density at radius 2 is 2.16 bits per heavy atom. The van der Waals surface area contributed by atoms with Crippen LogP contribution in [0.4, 0.5) is 0 Å². The molecule has 0 radical (unpaired) electrons. The highest BCUT2D eigenvalue weighted by Gasteiger charge is 2.20. The Morgan fingerprint density at radius 3 is 2.92 bits per heavy atom. The van der Waals surface area contributed by atoms with Crippen molar-refractivity contribution in [2.24, 2.45) is 5.92 Å². The molecular weight excluding hydrogens is 316 g/mol. The summed E-state index contributed by atoms with van der Waals surface area (Å²) in [5.41, 5.74) is 0.415. The number of aromatic nitrogens is 4. The normalized spacial score (nSPS) is 16.1. The van der Waals surface area contributed by atoms with Crippen LogP contribution in [0, 0.1) is 5.92 Å². The lowest BCUT2D eigenvalue weighted by molar-refractivity contribution is 0.0944. The highest BCUT2D eigenvalue weighted by Crippen LogP contribution is 2.12. The smallest absolute Gasteiger partial charge is 0.270 e. The van der Waals surface area contributed by atoms with Crippen LogP contribution < -0.4 is 5.32 Å². The first-order chi connectivity index (χ1) is 12.2. The van der Waals surface area contributed by atoms with Crippen LogP contribution in [0.5, 0.6) is 0 Å². The first kappa shape index (κ1) is 17.5. The summed E-state index contributed by atoms with van der Waals surface area (Å²) in [7, 11) is 0. The van der Waals surface area contributed by atoms with Crippen molar-refractivity contribution in [2.75, 3.05) is 19.6 Å². The number of fused-ring (bicyclic) bond motifs is 1. The lowest BCUT2D eigenvalue weighted by Crippen LogP contribution is -2.31. The Hall–Kier alpha value is -2.28. The van der Waals surface area contributed by atoms with Crippen LogP contribution in [0.2, 0.25) is 0 Å². The molecule has 1 aliphatic heterocycles. The molecular formula is C18H26N6O. The summed E-state index contributed by atoms with van der Waals surface area (Å²) in [5.74, 6) is 2.34. The van der Waals surface area contributed by atoms with E-state index >= 15 is 0 Å². The number of carbonyl (C=O) groups is 1. The predicted octanol–water partition coefficient (Wildman–Crippen LogP) is 1.51. The number of hydrogen-bond donors (Lipinski definition) is 1. The first-order valence-corrected chi connectivity index (χ1v) is 9.00. The van der Waals surface area contributed by atoms with Crippen molar-refractivity contribution in [3.63, 3.8) is 0 Å². The number of hydrogen-bond acceptors (Lipinski definition) is 5. The zero-order valence-electron chi connectivity index (χ0n) is 15.0. The number of rotatable bonds is 6. The molecule has 0 saturated carbocycles. The number of pyridine rings is 1. The summed E-state index contributed by atoms with van der Waals surface area (Å²) in [6.45, 7) is 8.91. The Bertz CT molecular complexity index is 699. The van der Waals surface area contributed by atoms with E-state index < -0.39 is 0 Å². The van der Waals surface area contributed by atoms with Gasteiger partial charge in [0.1, 0.15) is 11.5 Å². The van der Waals surface area contributed by atoms with E-state index in [1.807, 2.05) is 0 Å². The molecule has 134 valence electrons. The van der Waals surface area contributed by atoms with E-state index in [9.17, 15) is 4.79 Å². The van der Waals surface area contributed by atoms with Crippen LogP contribution in [0.1, 0.15) is 42.4 Å². The minimum absolute atomic E-state index is 0.190. The van der Waals surface area contributed by atoms with Crippen molar-refractivity contribution < 1.29 is 4.79 Å². The third-order valence-corrected chi connectivity index (χ3v) is 4.77. The van der Waals surface area contributed by atoms with Crippen LogP contribution in [0.3, 0.4) is 0 Å². The van der Waals surface area contributed by atoms with Gasteiger partial charge in [-0.15, -0.1) is 10.2 Å².